The number of hydrogen-bond donors (Lipinski definition) is 1. The van der Waals surface area contributed by atoms with Crippen molar-refractivity contribution in [3.8, 4) is 0 Å². The molecule has 18 heavy (non-hydrogen) atoms. The van der Waals surface area contributed by atoms with Gasteiger partial charge in [-0.2, -0.15) is 0 Å². The maximum atomic E-state index is 5.50. The first-order valence-corrected chi connectivity index (χ1v) is 6.35. The summed E-state index contributed by atoms with van der Waals surface area (Å²) in [6, 6.07) is 2.32. The predicted molar refractivity (Wildman–Crippen MR) is 70.6 cm³/mol. The molecular formula is C13H18N4O. The lowest BCUT2D eigenvalue weighted by molar-refractivity contribution is 0.101. The fourth-order valence-corrected chi connectivity index (χ4v) is 2.72. The van der Waals surface area contributed by atoms with Gasteiger partial charge in [-0.1, -0.05) is 0 Å². The van der Waals surface area contributed by atoms with Crippen molar-refractivity contribution >= 4 is 16.9 Å². The predicted octanol–water partition coefficient (Wildman–Crippen LogP) is 1.95. The lowest BCUT2D eigenvalue weighted by Gasteiger charge is -2.20. The summed E-state index contributed by atoms with van der Waals surface area (Å²) < 4.78 is 7.50. The van der Waals surface area contributed by atoms with Crippen molar-refractivity contribution in [1.29, 1.82) is 0 Å². The minimum atomic E-state index is 0.283. The van der Waals surface area contributed by atoms with Crippen molar-refractivity contribution in [2.45, 2.75) is 31.4 Å². The number of methoxy groups -OCH3 is 1. The summed E-state index contributed by atoms with van der Waals surface area (Å²) in [5.41, 5.74) is 2.03. The highest BCUT2D eigenvalue weighted by Crippen LogP contribution is 2.27. The van der Waals surface area contributed by atoms with Crippen LogP contribution in [0, 0.1) is 0 Å². The van der Waals surface area contributed by atoms with Gasteiger partial charge in [0.25, 0.3) is 0 Å². The van der Waals surface area contributed by atoms with Gasteiger partial charge in [0.1, 0.15) is 5.52 Å². The van der Waals surface area contributed by atoms with Gasteiger partial charge in [0.15, 0.2) is 5.82 Å². The molecule has 5 heteroatoms. The van der Waals surface area contributed by atoms with E-state index in [-0.39, 0.29) is 6.10 Å². The van der Waals surface area contributed by atoms with Gasteiger partial charge in [-0.05, 0) is 25.3 Å². The van der Waals surface area contributed by atoms with Crippen LogP contribution in [0.3, 0.4) is 0 Å². The molecule has 2 aromatic rings. The molecule has 2 heterocycles. The average Bonchev–Trinajstić information content (AvgIpc) is 2.98. The molecule has 0 aromatic carbocycles. The minimum absolute atomic E-state index is 0.283. The van der Waals surface area contributed by atoms with Crippen molar-refractivity contribution in [3.05, 3.63) is 18.6 Å². The van der Waals surface area contributed by atoms with E-state index in [4.69, 9.17) is 4.74 Å². The molecule has 1 saturated carbocycles. The first-order chi connectivity index (χ1) is 8.79. The zero-order valence-electron chi connectivity index (χ0n) is 10.8. The topological polar surface area (TPSA) is 52.0 Å². The maximum Gasteiger partial charge on any atom is 0.154 e. The largest absolute Gasteiger partial charge is 0.379 e. The number of pyridine rings is 1. The Kier molecular flexibility index (Phi) is 2.91. The van der Waals surface area contributed by atoms with E-state index in [9.17, 15) is 0 Å². The van der Waals surface area contributed by atoms with Gasteiger partial charge < -0.3 is 14.6 Å². The summed E-state index contributed by atoms with van der Waals surface area (Å²) in [5.74, 6) is 0.863. The van der Waals surface area contributed by atoms with E-state index < -0.39 is 0 Å². The molecular weight excluding hydrogens is 228 g/mol. The molecule has 0 bridgehead atoms. The Bertz CT molecular complexity index is 551. The van der Waals surface area contributed by atoms with Crippen molar-refractivity contribution < 1.29 is 4.74 Å². The van der Waals surface area contributed by atoms with E-state index in [1.807, 2.05) is 30.2 Å². The van der Waals surface area contributed by atoms with Gasteiger partial charge >= 0.3 is 0 Å². The zero-order valence-corrected chi connectivity index (χ0v) is 10.8. The third-order valence-corrected chi connectivity index (χ3v) is 3.72. The SMILES string of the molecule is COC1CCCC1Nc1nccc2c1ncn2C. The van der Waals surface area contributed by atoms with Gasteiger partial charge in [0.05, 0.1) is 24.0 Å². The van der Waals surface area contributed by atoms with Crippen LogP contribution in [0.4, 0.5) is 5.82 Å². The van der Waals surface area contributed by atoms with Gasteiger partial charge in [-0.25, -0.2) is 9.97 Å². The van der Waals surface area contributed by atoms with E-state index in [1.54, 1.807) is 7.11 Å². The average molecular weight is 246 g/mol. The second kappa shape index (κ2) is 4.57. The van der Waals surface area contributed by atoms with Crippen LogP contribution < -0.4 is 5.32 Å². The van der Waals surface area contributed by atoms with Crippen LogP contribution in [0.25, 0.3) is 11.0 Å². The second-order valence-electron chi connectivity index (χ2n) is 4.84. The van der Waals surface area contributed by atoms with Crippen molar-refractivity contribution in [2.75, 3.05) is 12.4 Å². The molecule has 1 N–H and O–H groups in total. The Morgan fingerprint density at radius 1 is 1.39 bits per heavy atom. The first kappa shape index (κ1) is 11.5. The molecule has 0 spiro atoms. The third kappa shape index (κ3) is 1.84. The van der Waals surface area contributed by atoms with Gasteiger partial charge in [0, 0.05) is 20.4 Å². The summed E-state index contributed by atoms with van der Waals surface area (Å²) in [6.07, 6.45) is 7.37. The maximum absolute atomic E-state index is 5.50. The van der Waals surface area contributed by atoms with E-state index in [2.05, 4.69) is 15.3 Å². The second-order valence-corrected chi connectivity index (χ2v) is 4.84. The fraction of sp³-hybridized carbons (Fsp3) is 0.538. The Hall–Kier alpha value is -1.62. The van der Waals surface area contributed by atoms with E-state index in [0.29, 0.717) is 6.04 Å². The molecule has 3 rings (SSSR count). The summed E-state index contributed by atoms with van der Waals surface area (Å²) in [6.45, 7) is 0. The van der Waals surface area contributed by atoms with Crippen LogP contribution >= 0.6 is 0 Å². The molecule has 0 radical (unpaired) electrons. The van der Waals surface area contributed by atoms with Crippen LogP contribution in [-0.2, 0) is 11.8 Å². The Morgan fingerprint density at radius 3 is 3.11 bits per heavy atom. The smallest absolute Gasteiger partial charge is 0.154 e. The molecule has 1 aliphatic rings. The van der Waals surface area contributed by atoms with Crippen LogP contribution in [0.1, 0.15) is 19.3 Å². The molecule has 5 nitrogen and oxygen atoms in total. The number of aromatic nitrogens is 3. The summed E-state index contributed by atoms with van der Waals surface area (Å²) >= 11 is 0. The molecule has 0 aliphatic heterocycles. The van der Waals surface area contributed by atoms with Crippen molar-refractivity contribution in [2.24, 2.45) is 7.05 Å². The number of aryl methyl sites for hydroxylation is 1. The number of rotatable bonds is 3. The molecule has 1 fully saturated rings. The summed E-state index contributed by atoms with van der Waals surface area (Å²) in [5, 5.41) is 3.49. The fourth-order valence-electron chi connectivity index (χ4n) is 2.72. The molecule has 1 aliphatic carbocycles. The third-order valence-electron chi connectivity index (χ3n) is 3.72. The lowest BCUT2D eigenvalue weighted by Crippen LogP contribution is -2.30. The molecule has 2 atom stereocenters. The van der Waals surface area contributed by atoms with Crippen molar-refractivity contribution in [3.63, 3.8) is 0 Å². The summed E-state index contributed by atoms with van der Waals surface area (Å²) in [4.78, 5) is 8.82. The highest BCUT2D eigenvalue weighted by Gasteiger charge is 2.27. The molecule has 96 valence electrons. The van der Waals surface area contributed by atoms with Gasteiger partial charge in [0.2, 0.25) is 0 Å². The Morgan fingerprint density at radius 2 is 2.28 bits per heavy atom. The number of nitrogens with one attached hydrogen (secondary N) is 1. The lowest BCUT2D eigenvalue weighted by atomic mass is 10.2. The van der Waals surface area contributed by atoms with E-state index in [0.717, 1.165) is 29.7 Å². The standard InChI is InChI=1S/C13H18N4O/c1-17-8-15-12-10(17)6-7-14-13(12)16-9-4-3-5-11(9)18-2/h6-9,11H,3-5H2,1-2H3,(H,14,16). The van der Waals surface area contributed by atoms with Gasteiger partial charge in [-0.3, -0.25) is 0 Å². The zero-order chi connectivity index (χ0) is 12.5. The number of imidazole rings is 1. The molecule has 0 amide bonds. The summed E-state index contributed by atoms with van der Waals surface area (Å²) in [7, 11) is 3.77. The number of ether oxygens (including phenoxy) is 1. The number of nitrogens with zero attached hydrogens (tertiary/aromatic N) is 3. The number of anilines is 1. The van der Waals surface area contributed by atoms with E-state index in [1.165, 1.54) is 6.42 Å². The highest BCUT2D eigenvalue weighted by molar-refractivity contribution is 5.85. The first-order valence-electron chi connectivity index (χ1n) is 6.35. The van der Waals surface area contributed by atoms with Crippen LogP contribution in [0.15, 0.2) is 18.6 Å². The monoisotopic (exact) mass is 246 g/mol. The van der Waals surface area contributed by atoms with Crippen LogP contribution in [-0.4, -0.2) is 33.8 Å². The minimum Gasteiger partial charge on any atom is -0.379 e. The normalized spacial score (nSPS) is 23.7. The Balaban J connectivity index is 1.90. The van der Waals surface area contributed by atoms with Crippen LogP contribution in [0.2, 0.25) is 0 Å². The van der Waals surface area contributed by atoms with Crippen LogP contribution in [0.5, 0.6) is 0 Å². The van der Waals surface area contributed by atoms with Crippen molar-refractivity contribution in [1.82, 2.24) is 14.5 Å². The highest BCUT2D eigenvalue weighted by atomic mass is 16.5. The molecule has 2 aromatic heterocycles. The molecule has 2 unspecified atom stereocenters. The van der Waals surface area contributed by atoms with E-state index >= 15 is 0 Å². The van der Waals surface area contributed by atoms with Gasteiger partial charge in [-0.15, -0.1) is 0 Å². The Labute approximate surface area is 106 Å². The quantitative estimate of drug-likeness (QED) is 0.899. The number of hydrogen-bond acceptors (Lipinski definition) is 4. The number of fused-ring (bicyclic) bond motifs is 1. The molecule has 0 saturated heterocycles.